The fraction of sp³-hybridized carbons (Fsp3) is 0.462. The van der Waals surface area contributed by atoms with Gasteiger partial charge in [-0.3, -0.25) is 9.79 Å². The molecule has 0 aliphatic carbocycles. The van der Waals surface area contributed by atoms with Crippen molar-refractivity contribution in [2.75, 3.05) is 19.6 Å². The second-order valence-electron chi connectivity index (χ2n) is 4.46. The third-order valence-corrected chi connectivity index (χ3v) is 2.71. The first-order valence-electron chi connectivity index (χ1n) is 6.49. The van der Waals surface area contributed by atoms with E-state index in [0.29, 0.717) is 25.9 Å². The highest BCUT2D eigenvalue weighted by atomic mass is 16.2. The highest BCUT2D eigenvalue weighted by Crippen LogP contribution is 1.99. The number of carbonyl (C=O) groups excluding carboxylic acids is 2. The van der Waals surface area contributed by atoms with E-state index in [9.17, 15) is 9.59 Å². The van der Waals surface area contributed by atoms with E-state index >= 15 is 0 Å². The van der Waals surface area contributed by atoms with Crippen LogP contribution in [0.4, 0.5) is 0 Å². The van der Waals surface area contributed by atoms with E-state index in [1.54, 1.807) is 0 Å². The Bertz CT molecular complexity index is 413. The van der Waals surface area contributed by atoms with Gasteiger partial charge in [0.15, 0.2) is 5.96 Å². The maximum absolute atomic E-state index is 11.8. The number of allylic oxidation sites excluding steroid dienone is 2. The van der Waals surface area contributed by atoms with Gasteiger partial charge in [0.1, 0.15) is 6.29 Å². The summed E-state index contributed by atoms with van der Waals surface area (Å²) in [5.41, 5.74) is 10.4. The number of nitrogens with zero attached hydrogens (tertiary/aromatic N) is 2. The molecule has 1 aliphatic rings. The molecule has 1 amide bonds. The number of carbonyl (C=O) groups is 2. The minimum atomic E-state index is -0.499. The normalized spacial score (nSPS) is 14.7. The Kier molecular flexibility index (Phi) is 6.88. The van der Waals surface area contributed by atoms with E-state index < -0.39 is 6.04 Å². The number of amides is 1. The van der Waals surface area contributed by atoms with Gasteiger partial charge in [-0.25, -0.2) is 0 Å². The molecule has 7 heteroatoms. The van der Waals surface area contributed by atoms with Crippen LogP contribution in [0, 0.1) is 0 Å². The van der Waals surface area contributed by atoms with Crippen LogP contribution in [0.1, 0.15) is 12.8 Å². The summed E-state index contributed by atoms with van der Waals surface area (Å²) in [5, 5.41) is 2.68. The van der Waals surface area contributed by atoms with Crippen LogP contribution in [0.3, 0.4) is 0 Å². The maximum atomic E-state index is 11.8. The lowest BCUT2D eigenvalue weighted by atomic mass is 10.2. The zero-order chi connectivity index (χ0) is 14.8. The molecule has 110 valence electrons. The van der Waals surface area contributed by atoms with Crippen LogP contribution in [-0.4, -0.2) is 48.7 Å². The SMILES string of the molecule is NC(N)=NCCC[C@@H](C=O)NC(=O)CN1C=CC=CC1. The number of hydrogen-bond acceptors (Lipinski definition) is 4. The van der Waals surface area contributed by atoms with E-state index in [2.05, 4.69) is 10.3 Å². The molecule has 20 heavy (non-hydrogen) atoms. The molecule has 0 aromatic carbocycles. The van der Waals surface area contributed by atoms with E-state index in [-0.39, 0.29) is 18.4 Å². The van der Waals surface area contributed by atoms with Gasteiger partial charge in [0, 0.05) is 13.1 Å². The molecular weight excluding hydrogens is 258 g/mol. The van der Waals surface area contributed by atoms with Gasteiger partial charge in [-0.1, -0.05) is 12.2 Å². The van der Waals surface area contributed by atoms with Crippen LogP contribution >= 0.6 is 0 Å². The van der Waals surface area contributed by atoms with Crippen molar-refractivity contribution < 1.29 is 9.59 Å². The minimum Gasteiger partial charge on any atom is -0.370 e. The molecule has 0 saturated carbocycles. The second kappa shape index (κ2) is 8.73. The lowest BCUT2D eigenvalue weighted by Gasteiger charge is -2.21. The average molecular weight is 279 g/mol. The first-order valence-corrected chi connectivity index (χ1v) is 6.49. The molecule has 1 aliphatic heterocycles. The van der Waals surface area contributed by atoms with E-state index in [4.69, 9.17) is 11.5 Å². The van der Waals surface area contributed by atoms with Crippen LogP contribution in [0.25, 0.3) is 0 Å². The largest absolute Gasteiger partial charge is 0.370 e. The first kappa shape index (κ1) is 15.7. The Morgan fingerprint density at radius 2 is 2.25 bits per heavy atom. The monoisotopic (exact) mass is 279 g/mol. The van der Waals surface area contributed by atoms with Crippen molar-refractivity contribution in [1.82, 2.24) is 10.2 Å². The van der Waals surface area contributed by atoms with Crippen LogP contribution in [0.15, 0.2) is 29.4 Å². The predicted molar refractivity (Wildman–Crippen MR) is 77.8 cm³/mol. The van der Waals surface area contributed by atoms with Gasteiger partial charge in [-0.05, 0) is 25.1 Å². The smallest absolute Gasteiger partial charge is 0.240 e. The number of aliphatic imine (C=N–C) groups is 1. The molecule has 1 rings (SSSR count). The summed E-state index contributed by atoms with van der Waals surface area (Å²) in [7, 11) is 0. The standard InChI is InChI=1S/C13H21N5O2/c14-13(15)16-6-4-5-11(10-19)17-12(20)9-18-7-2-1-3-8-18/h1-3,7,10-11H,4-6,8-9H2,(H,17,20)(H4,14,15,16)/t11-/m0/s1. The predicted octanol–water partition coefficient (Wildman–Crippen LogP) is -0.891. The lowest BCUT2D eigenvalue weighted by molar-refractivity contribution is -0.124. The van der Waals surface area contributed by atoms with Gasteiger partial charge in [-0.15, -0.1) is 0 Å². The molecule has 1 atom stereocenters. The molecule has 0 bridgehead atoms. The summed E-state index contributed by atoms with van der Waals surface area (Å²) in [5.74, 6) is -0.148. The van der Waals surface area contributed by atoms with Crippen LogP contribution < -0.4 is 16.8 Å². The Hall–Kier alpha value is -2.31. The van der Waals surface area contributed by atoms with Gasteiger partial charge in [0.25, 0.3) is 0 Å². The first-order chi connectivity index (χ1) is 9.61. The van der Waals surface area contributed by atoms with Crippen molar-refractivity contribution >= 4 is 18.2 Å². The van der Waals surface area contributed by atoms with E-state index in [1.807, 2.05) is 29.3 Å². The Morgan fingerprint density at radius 3 is 2.85 bits per heavy atom. The summed E-state index contributed by atoms with van der Waals surface area (Å²) < 4.78 is 0. The quantitative estimate of drug-likeness (QED) is 0.231. The molecule has 1 heterocycles. The van der Waals surface area contributed by atoms with Gasteiger partial charge in [0.05, 0.1) is 12.6 Å². The van der Waals surface area contributed by atoms with Gasteiger partial charge < -0.3 is 26.5 Å². The molecule has 7 nitrogen and oxygen atoms in total. The maximum Gasteiger partial charge on any atom is 0.240 e. The van der Waals surface area contributed by atoms with Gasteiger partial charge in [-0.2, -0.15) is 0 Å². The summed E-state index contributed by atoms with van der Waals surface area (Å²) in [6.07, 6.45) is 9.47. The molecule has 0 saturated heterocycles. The number of rotatable bonds is 8. The van der Waals surface area contributed by atoms with Crippen molar-refractivity contribution in [3.05, 3.63) is 24.4 Å². The minimum absolute atomic E-state index is 0.0293. The van der Waals surface area contributed by atoms with E-state index in [1.165, 1.54) is 0 Å². The van der Waals surface area contributed by atoms with Crippen molar-refractivity contribution in [2.45, 2.75) is 18.9 Å². The summed E-state index contributed by atoms with van der Waals surface area (Å²) in [6, 6.07) is -0.499. The highest BCUT2D eigenvalue weighted by molar-refractivity contribution is 5.81. The Balaban J connectivity index is 2.26. The van der Waals surface area contributed by atoms with Gasteiger partial charge in [0.2, 0.25) is 5.91 Å². The third-order valence-electron chi connectivity index (χ3n) is 2.71. The molecule has 0 radical (unpaired) electrons. The zero-order valence-corrected chi connectivity index (χ0v) is 11.4. The number of aldehydes is 1. The summed E-state index contributed by atoms with van der Waals surface area (Å²) >= 11 is 0. The number of nitrogens with two attached hydrogens (primary N) is 2. The molecule has 0 aromatic heterocycles. The molecule has 0 fully saturated rings. The Labute approximate surface area is 118 Å². The van der Waals surface area contributed by atoms with Crippen LogP contribution in [0.2, 0.25) is 0 Å². The van der Waals surface area contributed by atoms with Crippen molar-refractivity contribution in [3.8, 4) is 0 Å². The molecule has 0 aromatic rings. The highest BCUT2D eigenvalue weighted by Gasteiger charge is 2.13. The second-order valence-corrected chi connectivity index (χ2v) is 4.46. The van der Waals surface area contributed by atoms with Crippen LogP contribution in [0.5, 0.6) is 0 Å². The van der Waals surface area contributed by atoms with Crippen LogP contribution in [-0.2, 0) is 9.59 Å². The third kappa shape index (κ3) is 6.58. The number of guanidine groups is 1. The molecule has 5 N–H and O–H groups in total. The Morgan fingerprint density at radius 1 is 1.45 bits per heavy atom. The topological polar surface area (TPSA) is 114 Å². The average Bonchev–Trinajstić information content (AvgIpc) is 2.43. The summed E-state index contributed by atoms with van der Waals surface area (Å²) in [4.78, 5) is 28.4. The van der Waals surface area contributed by atoms with Crippen molar-refractivity contribution in [1.29, 1.82) is 0 Å². The van der Waals surface area contributed by atoms with Crippen molar-refractivity contribution in [3.63, 3.8) is 0 Å². The van der Waals surface area contributed by atoms with E-state index in [0.717, 1.165) is 6.29 Å². The molecule has 0 spiro atoms. The fourth-order valence-corrected chi connectivity index (χ4v) is 1.75. The lowest BCUT2D eigenvalue weighted by Crippen LogP contribution is -2.41. The zero-order valence-electron chi connectivity index (χ0n) is 11.4. The van der Waals surface area contributed by atoms with Gasteiger partial charge >= 0.3 is 0 Å². The molecular formula is C13H21N5O2. The number of hydrogen-bond donors (Lipinski definition) is 3. The fourth-order valence-electron chi connectivity index (χ4n) is 1.75. The number of nitrogens with one attached hydrogen (secondary N) is 1. The van der Waals surface area contributed by atoms with Crippen molar-refractivity contribution in [2.24, 2.45) is 16.5 Å². The summed E-state index contributed by atoms with van der Waals surface area (Å²) in [6.45, 7) is 1.38. The molecule has 0 unspecified atom stereocenters.